The summed E-state index contributed by atoms with van der Waals surface area (Å²) in [5.74, 6) is -0.232. The van der Waals surface area contributed by atoms with Crippen molar-refractivity contribution in [2.24, 2.45) is 5.73 Å². The smallest absolute Gasteiger partial charge is 0.325 e. The summed E-state index contributed by atoms with van der Waals surface area (Å²) in [7, 11) is 0. The second-order valence-corrected chi connectivity index (χ2v) is 4.77. The number of nitrogens with one attached hydrogen (secondary N) is 1. The van der Waals surface area contributed by atoms with Gasteiger partial charge in [-0.05, 0) is 40.2 Å². The van der Waals surface area contributed by atoms with Gasteiger partial charge in [0.05, 0.1) is 0 Å². The predicted molar refractivity (Wildman–Crippen MR) is 54.8 cm³/mol. The van der Waals surface area contributed by atoms with Gasteiger partial charge >= 0.3 is 5.97 Å². The van der Waals surface area contributed by atoms with Crippen LogP contribution in [0.3, 0.4) is 0 Å². The van der Waals surface area contributed by atoms with Crippen molar-refractivity contribution in [3.05, 3.63) is 0 Å². The zero-order chi connectivity index (χ0) is 10.8. The lowest BCUT2D eigenvalue weighted by Crippen LogP contribution is -2.55. The molecule has 0 spiro atoms. The van der Waals surface area contributed by atoms with Crippen molar-refractivity contribution in [1.29, 1.82) is 0 Å². The Labute approximate surface area is 85.2 Å². The maximum absolute atomic E-state index is 11.7. The van der Waals surface area contributed by atoms with Gasteiger partial charge in [0.15, 0.2) is 0 Å². The molecule has 3 N–H and O–H groups in total. The number of carbonyl (C=O) groups excluding carboxylic acids is 1. The molecule has 0 aliphatic carbocycles. The van der Waals surface area contributed by atoms with Gasteiger partial charge in [-0.1, -0.05) is 0 Å². The number of nitrogens with two attached hydrogens (primary N) is 1. The first-order valence-corrected chi connectivity index (χ1v) is 5.12. The number of carbonyl (C=O) groups is 1. The minimum Gasteiger partial charge on any atom is -0.459 e. The van der Waals surface area contributed by atoms with Crippen LogP contribution >= 0.6 is 0 Å². The van der Waals surface area contributed by atoms with Crippen LogP contribution in [0.5, 0.6) is 0 Å². The maximum Gasteiger partial charge on any atom is 0.325 e. The lowest BCUT2D eigenvalue weighted by atomic mass is 9.99. The van der Waals surface area contributed by atoms with Crippen molar-refractivity contribution >= 4 is 5.97 Å². The molecule has 1 saturated heterocycles. The summed E-state index contributed by atoms with van der Waals surface area (Å²) in [5.41, 5.74) is 5.40. The molecule has 0 bridgehead atoms. The Kier molecular flexibility index (Phi) is 3.50. The largest absolute Gasteiger partial charge is 0.459 e. The number of rotatable bonds is 1. The monoisotopic (exact) mass is 200 g/mol. The van der Waals surface area contributed by atoms with E-state index in [0.29, 0.717) is 0 Å². The van der Waals surface area contributed by atoms with Gasteiger partial charge in [-0.2, -0.15) is 0 Å². The van der Waals surface area contributed by atoms with Crippen molar-refractivity contribution < 1.29 is 9.53 Å². The van der Waals surface area contributed by atoms with E-state index in [1.165, 1.54) is 0 Å². The number of esters is 1. The van der Waals surface area contributed by atoms with Crippen LogP contribution in [0.1, 0.15) is 33.6 Å². The molecule has 2 unspecified atom stereocenters. The van der Waals surface area contributed by atoms with E-state index in [1.807, 2.05) is 20.8 Å². The predicted octanol–water partition coefficient (Wildman–Crippen LogP) is 0.407. The summed E-state index contributed by atoms with van der Waals surface area (Å²) in [6.45, 7) is 6.43. The van der Waals surface area contributed by atoms with E-state index >= 15 is 0 Å². The molecule has 1 aliphatic heterocycles. The van der Waals surface area contributed by atoms with Gasteiger partial charge < -0.3 is 15.8 Å². The normalized spacial score (nSPS) is 28.6. The third kappa shape index (κ3) is 3.27. The summed E-state index contributed by atoms with van der Waals surface area (Å²) >= 11 is 0. The molecule has 14 heavy (non-hydrogen) atoms. The Balaban J connectivity index is 2.50. The van der Waals surface area contributed by atoms with Crippen LogP contribution < -0.4 is 11.1 Å². The topological polar surface area (TPSA) is 64.3 Å². The van der Waals surface area contributed by atoms with Gasteiger partial charge in [0.25, 0.3) is 0 Å². The lowest BCUT2D eigenvalue weighted by molar-refractivity contribution is -0.158. The molecule has 0 radical (unpaired) electrons. The van der Waals surface area contributed by atoms with E-state index < -0.39 is 5.60 Å². The van der Waals surface area contributed by atoms with Crippen LogP contribution in [0.15, 0.2) is 0 Å². The molecule has 1 fully saturated rings. The highest BCUT2D eigenvalue weighted by Gasteiger charge is 2.31. The van der Waals surface area contributed by atoms with Gasteiger partial charge in [-0.15, -0.1) is 0 Å². The van der Waals surface area contributed by atoms with E-state index in [-0.39, 0.29) is 18.1 Å². The van der Waals surface area contributed by atoms with E-state index in [2.05, 4.69) is 5.32 Å². The standard InChI is InChI=1S/C10H20N2O2/c1-10(2,3)14-9(13)8-7(11)5-4-6-12-8/h7-8,12H,4-6,11H2,1-3H3. The maximum atomic E-state index is 11.7. The molecule has 82 valence electrons. The molecule has 1 aliphatic rings. The van der Waals surface area contributed by atoms with Gasteiger partial charge in [-0.25, -0.2) is 0 Å². The summed E-state index contributed by atoms with van der Waals surface area (Å²) in [5, 5.41) is 3.09. The third-order valence-electron chi connectivity index (χ3n) is 2.17. The molecular formula is C10H20N2O2. The SMILES string of the molecule is CC(C)(C)OC(=O)C1NCCCC1N. The fraction of sp³-hybridized carbons (Fsp3) is 0.900. The van der Waals surface area contributed by atoms with E-state index in [0.717, 1.165) is 19.4 Å². The number of hydrogen-bond donors (Lipinski definition) is 2. The lowest BCUT2D eigenvalue weighted by Gasteiger charge is -2.30. The summed E-state index contributed by atoms with van der Waals surface area (Å²) in [4.78, 5) is 11.7. The van der Waals surface area contributed by atoms with Crippen molar-refractivity contribution in [3.63, 3.8) is 0 Å². The highest BCUT2D eigenvalue weighted by Crippen LogP contribution is 2.13. The minimum absolute atomic E-state index is 0.112. The average molecular weight is 200 g/mol. The summed E-state index contributed by atoms with van der Waals surface area (Å²) in [6, 6.07) is -0.443. The average Bonchev–Trinajstić information content (AvgIpc) is 2.01. The minimum atomic E-state index is -0.435. The summed E-state index contributed by atoms with van der Waals surface area (Å²) in [6.07, 6.45) is 1.91. The Bertz CT molecular complexity index is 211. The number of ether oxygens (including phenoxy) is 1. The van der Waals surface area contributed by atoms with E-state index in [1.54, 1.807) is 0 Å². The molecule has 4 heteroatoms. The Hall–Kier alpha value is -0.610. The van der Waals surface area contributed by atoms with E-state index in [4.69, 9.17) is 10.5 Å². The van der Waals surface area contributed by atoms with Crippen LogP contribution in [0, 0.1) is 0 Å². The first-order chi connectivity index (χ1) is 6.40. The molecule has 0 aromatic carbocycles. The van der Waals surface area contributed by atoms with Crippen LogP contribution in [0.2, 0.25) is 0 Å². The van der Waals surface area contributed by atoms with Gasteiger partial charge in [-0.3, -0.25) is 4.79 Å². The highest BCUT2D eigenvalue weighted by molar-refractivity contribution is 5.77. The van der Waals surface area contributed by atoms with Crippen molar-refractivity contribution in [3.8, 4) is 0 Å². The first kappa shape index (κ1) is 11.5. The molecular weight excluding hydrogens is 180 g/mol. The fourth-order valence-corrected chi connectivity index (χ4v) is 1.54. The quantitative estimate of drug-likeness (QED) is 0.602. The van der Waals surface area contributed by atoms with Gasteiger partial charge in [0.2, 0.25) is 0 Å². The Morgan fingerprint density at radius 1 is 1.50 bits per heavy atom. The van der Waals surface area contributed by atoms with Crippen molar-refractivity contribution in [1.82, 2.24) is 5.32 Å². The zero-order valence-corrected chi connectivity index (χ0v) is 9.17. The summed E-state index contributed by atoms with van der Waals surface area (Å²) < 4.78 is 5.27. The second kappa shape index (κ2) is 4.28. The molecule has 1 rings (SSSR count). The fourth-order valence-electron chi connectivity index (χ4n) is 1.54. The highest BCUT2D eigenvalue weighted by atomic mass is 16.6. The number of piperidine rings is 1. The molecule has 0 aromatic rings. The van der Waals surface area contributed by atoms with Crippen LogP contribution in [-0.2, 0) is 9.53 Å². The molecule has 0 saturated carbocycles. The van der Waals surface area contributed by atoms with Crippen LogP contribution in [0.4, 0.5) is 0 Å². The van der Waals surface area contributed by atoms with Gasteiger partial charge in [0, 0.05) is 6.04 Å². The first-order valence-electron chi connectivity index (χ1n) is 5.12. The van der Waals surface area contributed by atoms with Crippen molar-refractivity contribution in [2.45, 2.75) is 51.3 Å². The molecule has 4 nitrogen and oxygen atoms in total. The molecule has 0 amide bonds. The second-order valence-electron chi connectivity index (χ2n) is 4.77. The molecule has 2 atom stereocenters. The van der Waals surface area contributed by atoms with E-state index in [9.17, 15) is 4.79 Å². The third-order valence-corrected chi connectivity index (χ3v) is 2.17. The molecule has 1 heterocycles. The molecule has 0 aromatic heterocycles. The zero-order valence-electron chi connectivity index (χ0n) is 9.17. The number of hydrogen-bond acceptors (Lipinski definition) is 4. The van der Waals surface area contributed by atoms with Crippen LogP contribution in [0.25, 0.3) is 0 Å². The Morgan fingerprint density at radius 3 is 2.64 bits per heavy atom. The van der Waals surface area contributed by atoms with Crippen molar-refractivity contribution in [2.75, 3.05) is 6.54 Å². The van der Waals surface area contributed by atoms with Gasteiger partial charge in [0.1, 0.15) is 11.6 Å². The van der Waals surface area contributed by atoms with Crippen LogP contribution in [-0.4, -0.2) is 30.2 Å². The Morgan fingerprint density at radius 2 is 2.14 bits per heavy atom.